The van der Waals surface area contributed by atoms with Crippen molar-refractivity contribution in [3.8, 4) is 0 Å². The minimum absolute atomic E-state index is 0.150. The fourth-order valence-electron chi connectivity index (χ4n) is 1.54. The second-order valence-electron chi connectivity index (χ2n) is 3.45. The van der Waals surface area contributed by atoms with Gasteiger partial charge in [-0.15, -0.1) is 0 Å². The molecule has 1 heterocycles. The summed E-state index contributed by atoms with van der Waals surface area (Å²) < 4.78 is 24.6. The molecule has 1 aromatic carbocycles. The number of hydrogen-bond acceptors (Lipinski definition) is 2. The summed E-state index contributed by atoms with van der Waals surface area (Å²) in [5.41, 5.74) is 6.89. The van der Waals surface area contributed by atoms with Gasteiger partial charge in [0.15, 0.2) is 0 Å². The summed E-state index contributed by atoms with van der Waals surface area (Å²) in [6.45, 7) is 0. The van der Waals surface area contributed by atoms with Crippen molar-refractivity contribution in [2.24, 2.45) is 5.73 Å². The number of alkyl halides is 2. The second-order valence-corrected chi connectivity index (χ2v) is 3.45. The molecule has 0 aliphatic rings. The van der Waals surface area contributed by atoms with Crippen molar-refractivity contribution >= 4 is 10.9 Å². The molecule has 15 heavy (non-hydrogen) atoms. The standard InChI is InChI=1S/C10H11F2N3/c11-10(12)8(13)4-6-2-1-3-7-5-14-15-9(6)7/h1-3,5,8,10H,4,13H2,(H,14,15). The smallest absolute Gasteiger partial charge is 0.253 e. The van der Waals surface area contributed by atoms with Crippen molar-refractivity contribution in [3.63, 3.8) is 0 Å². The number of benzene rings is 1. The first-order chi connectivity index (χ1) is 7.18. The van der Waals surface area contributed by atoms with Crippen LogP contribution in [-0.2, 0) is 6.42 Å². The molecule has 0 radical (unpaired) electrons. The summed E-state index contributed by atoms with van der Waals surface area (Å²) in [4.78, 5) is 0. The molecule has 3 N–H and O–H groups in total. The molecule has 1 unspecified atom stereocenters. The fraction of sp³-hybridized carbons (Fsp3) is 0.300. The highest BCUT2D eigenvalue weighted by molar-refractivity contribution is 5.81. The number of nitrogens with zero attached hydrogens (tertiary/aromatic N) is 1. The number of nitrogens with one attached hydrogen (secondary N) is 1. The highest BCUT2D eigenvalue weighted by Crippen LogP contribution is 2.17. The van der Waals surface area contributed by atoms with Crippen LogP contribution in [0.1, 0.15) is 5.56 Å². The van der Waals surface area contributed by atoms with Crippen LogP contribution in [0.2, 0.25) is 0 Å². The van der Waals surface area contributed by atoms with E-state index in [0.29, 0.717) is 0 Å². The minimum atomic E-state index is -2.50. The van der Waals surface area contributed by atoms with Crippen molar-refractivity contribution in [2.75, 3.05) is 0 Å². The van der Waals surface area contributed by atoms with Crippen LogP contribution in [0.25, 0.3) is 10.9 Å². The SMILES string of the molecule is NC(Cc1cccc2cn[nH]c12)C(F)F. The summed E-state index contributed by atoms with van der Waals surface area (Å²) in [5, 5.41) is 7.55. The summed E-state index contributed by atoms with van der Waals surface area (Å²) in [6.07, 6.45) is -0.688. The van der Waals surface area contributed by atoms with Crippen LogP contribution >= 0.6 is 0 Å². The van der Waals surface area contributed by atoms with Gasteiger partial charge in [0.1, 0.15) is 0 Å². The highest BCUT2D eigenvalue weighted by atomic mass is 19.3. The monoisotopic (exact) mass is 211 g/mol. The van der Waals surface area contributed by atoms with Gasteiger partial charge in [-0.25, -0.2) is 8.78 Å². The van der Waals surface area contributed by atoms with E-state index in [1.165, 1.54) is 0 Å². The maximum absolute atomic E-state index is 12.3. The quantitative estimate of drug-likeness (QED) is 0.811. The predicted octanol–water partition coefficient (Wildman–Crippen LogP) is 1.70. The second kappa shape index (κ2) is 3.94. The number of aromatic nitrogens is 2. The van der Waals surface area contributed by atoms with E-state index in [0.717, 1.165) is 16.5 Å². The Bertz CT molecular complexity index is 453. The Morgan fingerprint density at radius 1 is 1.40 bits per heavy atom. The van der Waals surface area contributed by atoms with Gasteiger partial charge in [0.05, 0.1) is 17.8 Å². The first kappa shape index (κ1) is 10.0. The molecule has 3 nitrogen and oxygen atoms in total. The van der Waals surface area contributed by atoms with Crippen LogP contribution in [0.15, 0.2) is 24.4 Å². The molecule has 80 valence electrons. The number of aromatic amines is 1. The van der Waals surface area contributed by atoms with Gasteiger partial charge in [-0.2, -0.15) is 5.10 Å². The largest absolute Gasteiger partial charge is 0.323 e. The maximum atomic E-state index is 12.3. The lowest BCUT2D eigenvalue weighted by Gasteiger charge is -2.10. The number of H-pyrrole nitrogens is 1. The Hall–Kier alpha value is -1.49. The molecular weight excluding hydrogens is 200 g/mol. The zero-order valence-corrected chi connectivity index (χ0v) is 7.95. The molecule has 0 saturated carbocycles. The van der Waals surface area contributed by atoms with Crippen molar-refractivity contribution < 1.29 is 8.78 Å². The summed E-state index contributed by atoms with van der Waals surface area (Å²) in [5.74, 6) is 0. The molecule has 1 aromatic heterocycles. The summed E-state index contributed by atoms with van der Waals surface area (Å²) >= 11 is 0. The summed E-state index contributed by atoms with van der Waals surface area (Å²) in [7, 11) is 0. The van der Waals surface area contributed by atoms with E-state index < -0.39 is 12.5 Å². The van der Waals surface area contributed by atoms with E-state index in [9.17, 15) is 8.78 Å². The molecule has 0 aliphatic carbocycles. The first-order valence-electron chi connectivity index (χ1n) is 4.63. The van der Waals surface area contributed by atoms with Crippen LogP contribution in [0.5, 0.6) is 0 Å². The molecule has 0 fully saturated rings. The minimum Gasteiger partial charge on any atom is -0.323 e. The zero-order chi connectivity index (χ0) is 10.8. The Balaban J connectivity index is 2.31. The molecule has 0 saturated heterocycles. The summed E-state index contributed by atoms with van der Waals surface area (Å²) in [6, 6.07) is 4.34. The van der Waals surface area contributed by atoms with Gasteiger partial charge < -0.3 is 5.73 Å². The lowest BCUT2D eigenvalue weighted by Crippen LogP contribution is -2.30. The lowest BCUT2D eigenvalue weighted by molar-refractivity contribution is 0.116. The average molecular weight is 211 g/mol. The van der Waals surface area contributed by atoms with Gasteiger partial charge in [0.25, 0.3) is 6.43 Å². The molecule has 5 heteroatoms. The van der Waals surface area contributed by atoms with Gasteiger partial charge in [-0.1, -0.05) is 18.2 Å². The molecule has 2 rings (SSSR count). The molecule has 0 bridgehead atoms. The predicted molar refractivity (Wildman–Crippen MR) is 53.8 cm³/mol. The number of rotatable bonds is 3. The van der Waals surface area contributed by atoms with Crippen LogP contribution in [0.4, 0.5) is 8.78 Å². The third-order valence-corrected chi connectivity index (χ3v) is 2.34. The van der Waals surface area contributed by atoms with E-state index in [4.69, 9.17) is 5.73 Å². The topological polar surface area (TPSA) is 54.7 Å². The van der Waals surface area contributed by atoms with E-state index in [2.05, 4.69) is 10.2 Å². The third kappa shape index (κ3) is 1.97. The number of fused-ring (bicyclic) bond motifs is 1. The van der Waals surface area contributed by atoms with Crippen molar-refractivity contribution in [2.45, 2.75) is 18.9 Å². The van der Waals surface area contributed by atoms with Gasteiger partial charge in [0.2, 0.25) is 0 Å². The van der Waals surface area contributed by atoms with E-state index in [1.54, 1.807) is 12.3 Å². The van der Waals surface area contributed by atoms with E-state index in [-0.39, 0.29) is 6.42 Å². The molecular formula is C10H11F2N3. The molecule has 0 spiro atoms. The Morgan fingerprint density at radius 2 is 2.20 bits per heavy atom. The number of para-hydroxylation sites is 1. The number of halogens is 2. The first-order valence-corrected chi connectivity index (χ1v) is 4.63. The van der Waals surface area contributed by atoms with Gasteiger partial charge in [-0.05, 0) is 12.0 Å². The van der Waals surface area contributed by atoms with Crippen molar-refractivity contribution in [3.05, 3.63) is 30.0 Å². The van der Waals surface area contributed by atoms with Crippen LogP contribution < -0.4 is 5.73 Å². The zero-order valence-electron chi connectivity index (χ0n) is 7.95. The Morgan fingerprint density at radius 3 is 2.93 bits per heavy atom. The van der Waals surface area contributed by atoms with Crippen molar-refractivity contribution in [1.82, 2.24) is 10.2 Å². The third-order valence-electron chi connectivity index (χ3n) is 2.34. The molecule has 2 aromatic rings. The fourth-order valence-corrected chi connectivity index (χ4v) is 1.54. The highest BCUT2D eigenvalue weighted by Gasteiger charge is 2.16. The Kier molecular flexibility index (Phi) is 2.64. The molecule has 0 aliphatic heterocycles. The maximum Gasteiger partial charge on any atom is 0.253 e. The van der Waals surface area contributed by atoms with Gasteiger partial charge >= 0.3 is 0 Å². The van der Waals surface area contributed by atoms with Crippen LogP contribution in [0.3, 0.4) is 0 Å². The average Bonchev–Trinajstić information content (AvgIpc) is 2.66. The number of hydrogen-bond donors (Lipinski definition) is 2. The Labute approximate surface area is 85.3 Å². The van der Waals surface area contributed by atoms with Crippen LogP contribution in [0, 0.1) is 0 Å². The van der Waals surface area contributed by atoms with Crippen LogP contribution in [-0.4, -0.2) is 22.7 Å². The van der Waals surface area contributed by atoms with Crippen molar-refractivity contribution in [1.29, 1.82) is 0 Å². The number of nitrogens with two attached hydrogens (primary N) is 1. The molecule has 0 amide bonds. The van der Waals surface area contributed by atoms with E-state index in [1.807, 2.05) is 12.1 Å². The lowest BCUT2D eigenvalue weighted by atomic mass is 10.0. The van der Waals surface area contributed by atoms with E-state index >= 15 is 0 Å². The van der Waals surface area contributed by atoms with Gasteiger partial charge in [-0.3, -0.25) is 5.10 Å². The normalized spacial score (nSPS) is 13.6. The molecule has 1 atom stereocenters. The van der Waals surface area contributed by atoms with Gasteiger partial charge in [0, 0.05) is 5.39 Å².